The highest BCUT2D eigenvalue weighted by Gasteiger charge is 2.26. The van der Waals surface area contributed by atoms with Crippen molar-refractivity contribution < 1.29 is 9.21 Å². The van der Waals surface area contributed by atoms with Gasteiger partial charge in [0.2, 0.25) is 5.89 Å². The summed E-state index contributed by atoms with van der Waals surface area (Å²) in [5, 5.41) is 8.25. The van der Waals surface area contributed by atoms with Crippen LogP contribution in [0.2, 0.25) is 0 Å². The molecule has 0 aliphatic heterocycles. The van der Waals surface area contributed by atoms with Crippen molar-refractivity contribution in [1.82, 2.24) is 10.2 Å². The third-order valence-corrected chi connectivity index (χ3v) is 5.49. The van der Waals surface area contributed by atoms with Crippen molar-refractivity contribution in [1.29, 1.82) is 0 Å². The van der Waals surface area contributed by atoms with E-state index in [-0.39, 0.29) is 5.78 Å². The lowest BCUT2D eigenvalue weighted by Crippen LogP contribution is -2.10. The average Bonchev–Trinajstić information content (AvgIpc) is 3.21. The Morgan fingerprint density at radius 1 is 0.857 bits per heavy atom. The van der Waals surface area contributed by atoms with Crippen molar-refractivity contribution in [2.45, 2.75) is 17.4 Å². The molecule has 0 saturated carbocycles. The van der Waals surface area contributed by atoms with Crippen molar-refractivity contribution in [3.63, 3.8) is 0 Å². The average molecular weight is 386 g/mol. The molecule has 0 radical (unpaired) electrons. The summed E-state index contributed by atoms with van der Waals surface area (Å²) in [7, 11) is 0. The second-order valence-corrected chi connectivity index (χ2v) is 7.38. The normalized spacial score (nSPS) is 11.9. The van der Waals surface area contributed by atoms with Gasteiger partial charge in [-0.05, 0) is 35.9 Å². The minimum Gasteiger partial charge on any atom is -0.411 e. The summed E-state index contributed by atoms with van der Waals surface area (Å²) in [5.74, 6) is 0.465. The van der Waals surface area contributed by atoms with E-state index in [0.29, 0.717) is 16.7 Å². The van der Waals surface area contributed by atoms with Gasteiger partial charge < -0.3 is 4.42 Å². The highest BCUT2D eigenvalue weighted by molar-refractivity contribution is 8.00. The third-order valence-electron chi connectivity index (χ3n) is 4.40. The number of carbonyl (C=O) groups is 1. The summed E-state index contributed by atoms with van der Waals surface area (Å²) in [6.07, 6.45) is 0. The topological polar surface area (TPSA) is 56.0 Å². The lowest BCUT2D eigenvalue weighted by atomic mass is 10.0. The van der Waals surface area contributed by atoms with Crippen molar-refractivity contribution in [3.05, 3.63) is 102 Å². The van der Waals surface area contributed by atoms with Gasteiger partial charge in [-0.15, -0.1) is 10.2 Å². The van der Waals surface area contributed by atoms with Crippen LogP contribution < -0.4 is 0 Å². The van der Waals surface area contributed by atoms with Crippen molar-refractivity contribution in [3.8, 4) is 11.5 Å². The van der Waals surface area contributed by atoms with Crippen LogP contribution in [0.3, 0.4) is 0 Å². The first kappa shape index (κ1) is 18.2. The molecule has 0 N–H and O–H groups in total. The van der Waals surface area contributed by atoms with Gasteiger partial charge in [0.15, 0.2) is 5.78 Å². The zero-order valence-corrected chi connectivity index (χ0v) is 16.1. The molecule has 0 saturated heterocycles. The van der Waals surface area contributed by atoms with Crippen molar-refractivity contribution >= 4 is 17.5 Å². The smallest absolute Gasteiger partial charge is 0.277 e. The first-order chi connectivity index (χ1) is 13.7. The van der Waals surface area contributed by atoms with E-state index in [1.165, 1.54) is 11.8 Å². The molecular formula is C23H18N2O2S. The van der Waals surface area contributed by atoms with E-state index in [1.807, 2.05) is 91.9 Å². The summed E-state index contributed by atoms with van der Waals surface area (Å²) < 4.78 is 5.88. The number of rotatable bonds is 6. The van der Waals surface area contributed by atoms with Gasteiger partial charge in [-0.1, -0.05) is 78.9 Å². The number of aromatic nitrogens is 2. The van der Waals surface area contributed by atoms with Crippen molar-refractivity contribution in [2.75, 3.05) is 0 Å². The number of aryl methyl sites for hydroxylation is 1. The predicted molar refractivity (Wildman–Crippen MR) is 110 cm³/mol. The molecule has 0 spiro atoms. The number of nitrogens with zero attached hydrogens (tertiary/aromatic N) is 2. The van der Waals surface area contributed by atoms with Crippen LogP contribution in [0.4, 0.5) is 0 Å². The van der Waals surface area contributed by atoms with Crippen LogP contribution in [0.25, 0.3) is 11.5 Å². The van der Waals surface area contributed by atoms with Crippen LogP contribution >= 0.6 is 11.8 Å². The standard InChI is InChI=1S/C23H18N2O2S/c1-16-10-8-9-15-19(16)22-24-25-23(27-22)28-21(18-13-6-3-7-14-18)20(26)17-11-4-2-5-12-17/h2-15,21H,1H3/t21-/m1/s1. The molecular weight excluding hydrogens is 368 g/mol. The summed E-state index contributed by atoms with van der Waals surface area (Å²) in [5.41, 5.74) is 3.51. The Labute approximate surface area is 167 Å². The van der Waals surface area contributed by atoms with Crippen LogP contribution in [-0.4, -0.2) is 16.0 Å². The first-order valence-electron chi connectivity index (χ1n) is 8.93. The van der Waals surface area contributed by atoms with Crippen molar-refractivity contribution in [2.24, 2.45) is 0 Å². The molecule has 0 unspecified atom stereocenters. The van der Waals surface area contributed by atoms with E-state index in [2.05, 4.69) is 10.2 Å². The zero-order valence-electron chi connectivity index (χ0n) is 15.3. The van der Waals surface area contributed by atoms with E-state index >= 15 is 0 Å². The van der Waals surface area contributed by atoms with Gasteiger partial charge in [0.1, 0.15) is 5.25 Å². The number of benzene rings is 3. The number of hydrogen-bond donors (Lipinski definition) is 0. The fraction of sp³-hybridized carbons (Fsp3) is 0.0870. The molecule has 4 nitrogen and oxygen atoms in total. The Balaban J connectivity index is 1.65. The Kier molecular flexibility index (Phi) is 5.35. The highest BCUT2D eigenvalue weighted by Crippen LogP contribution is 2.38. The quantitative estimate of drug-likeness (QED) is 0.311. The fourth-order valence-electron chi connectivity index (χ4n) is 2.93. The number of Topliss-reactive ketones (excluding diaryl/α,β-unsaturated/α-hetero) is 1. The summed E-state index contributed by atoms with van der Waals surface area (Å²) in [4.78, 5) is 13.2. The maximum Gasteiger partial charge on any atom is 0.277 e. The fourth-order valence-corrected chi connectivity index (χ4v) is 3.89. The molecule has 0 aliphatic rings. The van der Waals surface area contributed by atoms with Gasteiger partial charge in [-0.25, -0.2) is 0 Å². The largest absolute Gasteiger partial charge is 0.411 e. The molecule has 28 heavy (non-hydrogen) atoms. The maximum absolute atomic E-state index is 13.2. The predicted octanol–water partition coefficient (Wildman–Crippen LogP) is 5.76. The molecule has 0 bridgehead atoms. The van der Waals surface area contributed by atoms with E-state index in [9.17, 15) is 4.79 Å². The molecule has 3 aromatic carbocycles. The van der Waals surface area contributed by atoms with Gasteiger partial charge in [0, 0.05) is 11.1 Å². The summed E-state index contributed by atoms with van der Waals surface area (Å²) >= 11 is 1.28. The highest BCUT2D eigenvalue weighted by atomic mass is 32.2. The molecule has 138 valence electrons. The minimum atomic E-state index is -0.464. The Bertz CT molecular complexity index is 1080. The first-order valence-corrected chi connectivity index (χ1v) is 9.81. The van der Waals surface area contributed by atoms with Crippen LogP contribution in [0.15, 0.2) is 94.6 Å². The van der Waals surface area contributed by atoms with E-state index in [4.69, 9.17) is 4.42 Å². The number of carbonyl (C=O) groups excluding carboxylic acids is 1. The van der Waals surface area contributed by atoms with Gasteiger partial charge in [-0.2, -0.15) is 0 Å². The van der Waals surface area contributed by atoms with Crippen LogP contribution in [0.5, 0.6) is 0 Å². The van der Waals surface area contributed by atoms with Crippen LogP contribution in [-0.2, 0) is 0 Å². The van der Waals surface area contributed by atoms with E-state index in [0.717, 1.165) is 16.7 Å². The summed E-state index contributed by atoms with van der Waals surface area (Å²) in [6, 6.07) is 26.8. The van der Waals surface area contributed by atoms with E-state index < -0.39 is 5.25 Å². The molecule has 0 aliphatic carbocycles. The lowest BCUT2D eigenvalue weighted by molar-refractivity contribution is 0.0989. The summed E-state index contributed by atoms with van der Waals surface area (Å²) in [6.45, 7) is 2.00. The van der Waals surface area contributed by atoms with Crippen LogP contribution in [0, 0.1) is 6.92 Å². The lowest BCUT2D eigenvalue weighted by Gasteiger charge is -2.14. The molecule has 1 aromatic heterocycles. The second-order valence-electron chi connectivity index (χ2n) is 6.33. The second kappa shape index (κ2) is 8.23. The van der Waals surface area contributed by atoms with Gasteiger partial charge in [0.25, 0.3) is 5.22 Å². The molecule has 4 rings (SSSR count). The molecule has 0 amide bonds. The molecule has 4 aromatic rings. The zero-order chi connectivity index (χ0) is 19.3. The molecule has 5 heteroatoms. The SMILES string of the molecule is Cc1ccccc1-c1nnc(S[C@@H](C(=O)c2ccccc2)c2ccccc2)o1. The Hall–Kier alpha value is -3.18. The Morgan fingerprint density at radius 2 is 1.50 bits per heavy atom. The van der Waals surface area contributed by atoms with Gasteiger partial charge in [0.05, 0.1) is 0 Å². The van der Waals surface area contributed by atoms with E-state index in [1.54, 1.807) is 0 Å². The number of hydrogen-bond acceptors (Lipinski definition) is 5. The third kappa shape index (κ3) is 3.89. The molecule has 1 heterocycles. The number of thioether (sulfide) groups is 1. The maximum atomic E-state index is 13.2. The van der Waals surface area contributed by atoms with Crippen LogP contribution in [0.1, 0.15) is 26.7 Å². The van der Waals surface area contributed by atoms with Gasteiger partial charge in [-0.3, -0.25) is 4.79 Å². The Morgan fingerprint density at radius 3 is 2.21 bits per heavy atom. The van der Waals surface area contributed by atoms with Gasteiger partial charge >= 0.3 is 0 Å². The monoisotopic (exact) mass is 386 g/mol. The molecule has 0 fully saturated rings. The number of ketones is 1. The minimum absolute atomic E-state index is 0.00689. The molecule has 1 atom stereocenters.